The molecule has 1 atom stereocenters. The second-order valence-electron chi connectivity index (χ2n) is 9.96. The Kier molecular flexibility index (Phi) is 7.82. The monoisotopic (exact) mass is 504 g/mol. The molecule has 6 nitrogen and oxygen atoms in total. The molecule has 37 heavy (non-hydrogen) atoms. The molecule has 0 saturated heterocycles. The predicted octanol–water partition coefficient (Wildman–Crippen LogP) is 6.23. The number of allylic oxidation sites excluding steroid dienone is 4. The standard InChI is InChI=1S/C31H36O6/c1-3-34-26(32)15-13-22-17-20-9-5-7-11-24(20)28-29-25-12-8-6-10-21(25)18-23(14-16-27(33)35-4-2)31(29)37-19-36-30(22)28/h13-17,23H,3-12,18-19H2,1-2H3/b15-13-,16-14-. The molecule has 0 radical (unpaired) electrons. The summed E-state index contributed by atoms with van der Waals surface area (Å²) >= 11 is 0. The fraction of sp³-hybridized carbons (Fsp3) is 0.484. The zero-order chi connectivity index (χ0) is 25.8. The van der Waals surface area contributed by atoms with Crippen molar-refractivity contribution in [3.8, 4) is 5.75 Å². The Balaban J connectivity index is 1.69. The van der Waals surface area contributed by atoms with Gasteiger partial charge in [0, 0.05) is 34.8 Å². The smallest absolute Gasteiger partial charge is 0.330 e. The average molecular weight is 505 g/mol. The minimum atomic E-state index is -0.363. The van der Waals surface area contributed by atoms with Crippen molar-refractivity contribution in [1.29, 1.82) is 0 Å². The zero-order valence-electron chi connectivity index (χ0n) is 21.9. The highest BCUT2D eigenvalue weighted by Gasteiger charge is 2.37. The summed E-state index contributed by atoms with van der Waals surface area (Å²) in [5.74, 6) is 0.918. The first-order chi connectivity index (χ1) is 18.1. The molecule has 0 aromatic heterocycles. The molecule has 0 spiro atoms. The van der Waals surface area contributed by atoms with Gasteiger partial charge in [0.15, 0.2) is 0 Å². The van der Waals surface area contributed by atoms with Gasteiger partial charge in [-0.15, -0.1) is 0 Å². The van der Waals surface area contributed by atoms with E-state index in [9.17, 15) is 9.59 Å². The fourth-order valence-corrected chi connectivity index (χ4v) is 6.13. The van der Waals surface area contributed by atoms with E-state index in [1.165, 1.54) is 40.8 Å². The van der Waals surface area contributed by atoms with Gasteiger partial charge < -0.3 is 18.9 Å². The highest BCUT2D eigenvalue weighted by Crippen LogP contribution is 2.52. The van der Waals surface area contributed by atoms with Gasteiger partial charge in [0.05, 0.1) is 13.2 Å². The van der Waals surface area contributed by atoms with Crippen LogP contribution in [0.2, 0.25) is 0 Å². The van der Waals surface area contributed by atoms with Crippen LogP contribution < -0.4 is 4.74 Å². The van der Waals surface area contributed by atoms with Crippen LogP contribution in [-0.2, 0) is 36.6 Å². The van der Waals surface area contributed by atoms with Crippen molar-refractivity contribution in [3.63, 3.8) is 0 Å². The van der Waals surface area contributed by atoms with Gasteiger partial charge in [-0.25, -0.2) is 9.59 Å². The number of carbonyl (C=O) groups is 2. The Bertz CT molecular complexity index is 1200. The molecule has 1 unspecified atom stereocenters. The lowest BCUT2D eigenvalue weighted by Gasteiger charge is -2.34. The van der Waals surface area contributed by atoms with Gasteiger partial charge in [-0.2, -0.15) is 0 Å². The van der Waals surface area contributed by atoms with Gasteiger partial charge >= 0.3 is 11.9 Å². The van der Waals surface area contributed by atoms with E-state index in [0.717, 1.165) is 79.6 Å². The Morgan fingerprint density at radius 3 is 2.49 bits per heavy atom. The Hall–Kier alpha value is -3.28. The van der Waals surface area contributed by atoms with E-state index < -0.39 is 0 Å². The molecule has 0 amide bonds. The molecule has 0 bridgehead atoms. The molecule has 5 rings (SSSR count). The molecule has 0 N–H and O–H groups in total. The SMILES string of the molecule is CCOC(=O)/C=C\c1cc2c(c3c1OCOC1=C3C3=C(CCCC3)CC1/C=C\C(=O)OCC)CCCC2. The summed E-state index contributed by atoms with van der Waals surface area (Å²) in [6, 6.07) is 2.17. The number of benzene rings is 1. The molecule has 4 aliphatic rings. The number of hydrogen-bond acceptors (Lipinski definition) is 6. The third kappa shape index (κ3) is 5.25. The van der Waals surface area contributed by atoms with E-state index in [1.807, 2.05) is 19.1 Å². The lowest BCUT2D eigenvalue weighted by atomic mass is 9.72. The maximum Gasteiger partial charge on any atom is 0.330 e. The normalized spacial score (nSPS) is 20.9. The summed E-state index contributed by atoms with van der Waals surface area (Å²) < 4.78 is 22.9. The third-order valence-corrected chi connectivity index (χ3v) is 7.67. The van der Waals surface area contributed by atoms with Gasteiger partial charge in [0.2, 0.25) is 6.79 Å². The van der Waals surface area contributed by atoms with Crippen LogP contribution in [0.25, 0.3) is 11.6 Å². The second-order valence-corrected chi connectivity index (χ2v) is 9.96. The lowest BCUT2D eigenvalue weighted by Crippen LogP contribution is -2.19. The number of esters is 2. The maximum atomic E-state index is 12.2. The van der Waals surface area contributed by atoms with Crippen molar-refractivity contribution in [2.24, 2.45) is 5.92 Å². The summed E-state index contributed by atoms with van der Waals surface area (Å²) in [4.78, 5) is 24.3. The Labute approximate surface area is 219 Å². The fourth-order valence-electron chi connectivity index (χ4n) is 6.13. The first kappa shape index (κ1) is 25.4. The summed E-state index contributed by atoms with van der Waals surface area (Å²) in [5.41, 5.74) is 8.63. The number of fused-ring (bicyclic) bond motifs is 5. The van der Waals surface area contributed by atoms with Crippen LogP contribution in [0.3, 0.4) is 0 Å². The zero-order valence-corrected chi connectivity index (χ0v) is 21.9. The van der Waals surface area contributed by atoms with Gasteiger partial charge in [-0.3, -0.25) is 0 Å². The minimum absolute atomic E-state index is 0.0521. The lowest BCUT2D eigenvalue weighted by molar-refractivity contribution is -0.138. The van der Waals surface area contributed by atoms with E-state index in [1.54, 1.807) is 6.92 Å². The topological polar surface area (TPSA) is 71.1 Å². The molecule has 1 aliphatic heterocycles. The van der Waals surface area contributed by atoms with Crippen LogP contribution in [-0.4, -0.2) is 31.9 Å². The quantitative estimate of drug-likeness (QED) is 0.338. The van der Waals surface area contributed by atoms with Crippen LogP contribution in [0, 0.1) is 5.92 Å². The molecule has 3 aliphatic carbocycles. The third-order valence-electron chi connectivity index (χ3n) is 7.67. The Morgan fingerprint density at radius 1 is 0.946 bits per heavy atom. The average Bonchev–Trinajstić information content (AvgIpc) is 3.12. The van der Waals surface area contributed by atoms with E-state index in [-0.39, 0.29) is 24.6 Å². The van der Waals surface area contributed by atoms with E-state index in [4.69, 9.17) is 18.9 Å². The number of aryl methyl sites for hydroxylation is 1. The molecule has 196 valence electrons. The van der Waals surface area contributed by atoms with Crippen LogP contribution in [0.5, 0.6) is 5.75 Å². The minimum Gasteiger partial charge on any atom is -0.463 e. The maximum absolute atomic E-state index is 12.2. The predicted molar refractivity (Wildman–Crippen MR) is 142 cm³/mol. The second kappa shape index (κ2) is 11.4. The number of ether oxygens (including phenoxy) is 4. The van der Waals surface area contributed by atoms with Crippen LogP contribution >= 0.6 is 0 Å². The molecular weight excluding hydrogens is 468 g/mol. The van der Waals surface area contributed by atoms with E-state index in [0.29, 0.717) is 13.2 Å². The number of carbonyl (C=O) groups excluding carboxylic acids is 2. The van der Waals surface area contributed by atoms with Gasteiger partial charge in [0.25, 0.3) is 0 Å². The molecule has 0 saturated carbocycles. The molecular formula is C31H36O6. The molecule has 1 aromatic carbocycles. The van der Waals surface area contributed by atoms with Crippen molar-refractivity contribution < 1.29 is 28.5 Å². The molecule has 1 aromatic rings. The van der Waals surface area contributed by atoms with Crippen LogP contribution in [0.4, 0.5) is 0 Å². The van der Waals surface area contributed by atoms with Crippen LogP contribution in [0.15, 0.2) is 41.2 Å². The molecule has 6 heteroatoms. The van der Waals surface area contributed by atoms with Gasteiger partial charge in [0.1, 0.15) is 11.5 Å². The summed E-state index contributed by atoms with van der Waals surface area (Å²) in [6.45, 7) is 4.38. The van der Waals surface area contributed by atoms with Crippen molar-refractivity contribution >= 4 is 23.6 Å². The van der Waals surface area contributed by atoms with Crippen molar-refractivity contribution in [2.75, 3.05) is 20.0 Å². The summed E-state index contributed by atoms with van der Waals surface area (Å²) in [7, 11) is 0. The summed E-state index contributed by atoms with van der Waals surface area (Å²) in [5, 5.41) is 0. The molecule has 1 heterocycles. The van der Waals surface area contributed by atoms with Crippen molar-refractivity contribution in [3.05, 3.63) is 63.5 Å². The van der Waals surface area contributed by atoms with E-state index >= 15 is 0 Å². The van der Waals surface area contributed by atoms with Crippen LogP contribution in [0.1, 0.15) is 81.0 Å². The first-order valence-electron chi connectivity index (χ1n) is 13.7. The molecule has 0 fully saturated rings. The van der Waals surface area contributed by atoms with Gasteiger partial charge in [-0.05, 0) is 100 Å². The largest absolute Gasteiger partial charge is 0.463 e. The highest BCUT2D eigenvalue weighted by molar-refractivity contribution is 5.93. The van der Waals surface area contributed by atoms with E-state index in [2.05, 4.69) is 6.07 Å². The highest BCUT2D eigenvalue weighted by atomic mass is 16.7. The van der Waals surface area contributed by atoms with Crippen molar-refractivity contribution in [2.45, 2.75) is 71.6 Å². The summed E-state index contributed by atoms with van der Waals surface area (Å²) in [6.07, 6.45) is 16.3. The van der Waals surface area contributed by atoms with Gasteiger partial charge in [-0.1, -0.05) is 11.6 Å². The van der Waals surface area contributed by atoms with Crippen molar-refractivity contribution in [1.82, 2.24) is 0 Å². The Morgan fingerprint density at radius 2 is 1.68 bits per heavy atom. The number of hydrogen-bond donors (Lipinski definition) is 0. The number of rotatable bonds is 6. The first-order valence-corrected chi connectivity index (χ1v) is 13.7.